The summed E-state index contributed by atoms with van der Waals surface area (Å²) in [5.41, 5.74) is 1.17. The van der Waals surface area contributed by atoms with Crippen molar-refractivity contribution in [1.82, 2.24) is 15.5 Å². The van der Waals surface area contributed by atoms with Crippen LogP contribution in [0.4, 0.5) is 5.69 Å². The number of ether oxygens (including phenoxy) is 1. The lowest BCUT2D eigenvalue weighted by Gasteiger charge is -2.33. The molecule has 3 heterocycles. The molecule has 2 aromatic rings. The van der Waals surface area contributed by atoms with Crippen molar-refractivity contribution >= 4 is 23.0 Å². The third-order valence-corrected chi connectivity index (χ3v) is 7.16. The molecule has 0 spiro atoms. The number of benzene rings is 1. The number of piperidine rings is 1. The van der Waals surface area contributed by atoms with Crippen molar-refractivity contribution < 1.29 is 4.74 Å². The first kappa shape index (κ1) is 22.0. The van der Waals surface area contributed by atoms with Crippen LogP contribution < -0.4 is 20.3 Å². The first-order valence-electron chi connectivity index (χ1n) is 11.3. The third kappa shape index (κ3) is 5.92. The monoisotopic (exact) mass is 441 g/mol. The molecule has 0 amide bonds. The molecule has 2 saturated heterocycles. The van der Waals surface area contributed by atoms with Gasteiger partial charge < -0.3 is 20.3 Å². The van der Waals surface area contributed by atoms with E-state index in [2.05, 4.69) is 55.1 Å². The van der Waals surface area contributed by atoms with E-state index in [1.54, 1.807) is 7.11 Å². The van der Waals surface area contributed by atoms with Gasteiger partial charge in [-0.3, -0.25) is 9.89 Å². The Hall–Kier alpha value is -2.25. The van der Waals surface area contributed by atoms with Crippen molar-refractivity contribution in [2.24, 2.45) is 10.9 Å². The maximum absolute atomic E-state index is 5.54. The summed E-state index contributed by atoms with van der Waals surface area (Å²) >= 11 is 1.86. The Balaban J connectivity index is 1.24. The fraction of sp³-hybridized carbons (Fsp3) is 0.542. The summed E-state index contributed by atoms with van der Waals surface area (Å²) in [4.78, 5) is 10.9. The minimum Gasteiger partial charge on any atom is -0.495 e. The topological polar surface area (TPSA) is 52.1 Å². The quantitative estimate of drug-likeness (QED) is 0.509. The number of methoxy groups -OCH3 is 1. The van der Waals surface area contributed by atoms with Gasteiger partial charge in [0.05, 0.1) is 12.8 Å². The number of hydrogen-bond acceptors (Lipinski definition) is 5. The molecule has 2 atom stereocenters. The maximum atomic E-state index is 5.54. The molecular weight excluding hydrogens is 406 g/mol. The number of anilines is 1. The first-order chi connectivity index (χ1) is 15.2. The van der Waals surface area contributed by atoms with Crippen molar-refractivity contribution in [2.75, 3.05) is 51.8 Å². The molecule has 0 saturated carbocycles. The van der Waals surface area contributed by atoms with Gasteiger partial charge in [-0.15, -0.1) is 11.3 Å². The number of rotatable bonds is 7. The molecule has 31 heavy (non-hydrogen) atoms. The van der Waals surface area contributed by atoms with Gasteiger partial charge in [0.15, 0.2) is 5.96 Å². The summed E-state index contributed by atoms with van der Waals surface area (Å²) < 4.78 is 5.54. The van der Waals surface area contributed by atoms with Crippen molar-refractivity contribution in [2.45, 2.75) is 31.8 Å². The Bertz CT molecular complexity index is 840. The molecule has 2 unspecified atom stereocenters. The highest BCUT2D eigenvalue weighted by Crippen LogP contribution is 2.30. The Morgan fingerprint density at radius 1 is 1.16 bits per heavy atom. The summed E-state index contributed by atoms with van der Waals surface area (Å²) in [6.45, 7) is 6.41. The zero-order valence-corrected chi connectivity index (χ0v) is 19.5. The van der Waals surface area contributed by atoms with Crippen LogP contribution in [0.2, 0.25) is 0 Å². The van der Waals surface area contributed by atoms with Gasteiger partial charge in [0.25, 0.3) is 0 Å². The number of thiophene rings is 1. The summed E-state index contributed by atoms with van der Waals surface area (Å²) in [7, 11) is 3.61. The number of likely N-dealkylation sites (tertiary alicyclic amines) is 1. The first-order valence-corrected chi connectivity index (χ1v) is 12.2. The van der Waals surface area contributed by atoms with Crippen LogP contribution in [-0.4, -0.2) is 63.8 Å². The van der Waals surface area contributed by atoms with E-state index >= 15 is 0 Å². The minimum atomic E-state index is 0.387. The highest BCUT2D eigenvalue weighted by Gasteiger charge is 2.26. The standard InChI is InChI=1S/C24H35N5OS/c1-25-24(26-15-19-7-5-12-28(16-19)18-21-8-6-14-31-21)27-20-11-13-29(17-20)22-9-3-4-10-23(22)30-2/h3-4,6,8-10,14,19-20H,5,7,11-13,15-18H2,1-2H3,(H2,25,26,27). The van der Waals surface area contributed by atoms with E-state index in [9.17, 15) is 0 Å². The Kier molecular flexibility index (Phi) is 7.70. The van der Waals surface area contributed by atoms with E-state index in [0.29, 0.717) is 12.0 Å². The van der Waals surface area contributed by atoms with E-state index in [1.807, 2.05) is 30.5 Å². The smallest absolute Gasteiger partial charge is 0.191 e. The molecule has 1 aromatic heterocycles. The molecule has 0 aliphatic carbocycles. The van der Waals surface area contributed by atoms with Crippen LogP contribution in [0.5, 0.6) is 5.75 Å². The lowest BCUT2D eigenvalue weighted by atomic mass is 9.98. The molecule has 7 heteroatoms. The molecule has 2 aliphatic rings. The van der Waals surface area contributed by atoms with Crippen LogP contribution in [-0.2, 0) is 6.54 Å². The fourth-order valence-electron chi connectivity index (χ4n) is 4.70. The highest BCUT2D eigenvalue weighted by molar-refractivity contribution is 7.09. The van der Waals surface area contributed by atoms with E-state index < -0.39 is 0 Å². The van der Waals surface area contributed by atoms with Gasteiger partial charge in [0, 0.05) is 50.7 Å². The van der Waals surface area contributed by atoms with E-state index in [0.717, 1.165) is 50.9 Å². The second kappa shape index (κ2) is 10.9. The summed E-state index contributed by atoms with van der Waals surface area (Å²) in [6, 6.07) is 13.0. The van der Waals surface area contributed by atoms with Gasteiger partial charge in [0.1, 0.15) is 5.75 Å². The molecule has 0 bridgehead atoms. The van der Waals surface area contributed by atoms with Crippen LogP contribution in [0.15, 0.2) is 46.8 Å². The summed E-state index contributed by atoms with van der Waals surface area (Å²) in [6.07, 6.45) is 3.66. The van der Waals surface area contributed by atoms with E-state index in [4.69, 9.17) is 4.74 Å². The van der Waals surface area contributed by atoms with Crippen molar-refractivity contribution in [3.05, 3.63) is 46.7 Å². The molecule has 2 N–H and O–H groups in total. The van der Waals surface area contributed by atoms with E-state index in [1.165, 1.54) is 30.0 Å². The van der Waals surface area contributed by atoms with Crippen molar-refractivity contribution in [3.63, 3.8) is 0 Å². The predicted molar refractivity (Wildman–Crippen MR) is 130 cm³/mol. The molecular formula is C24H35N5OS. The van der Waals surface area contributed by atoms with Crippen LogP contribution in [0.25, 0.3) is 0 Å². The summed E-state index contributed by atoms with van der Waals surface area (Å²) in [5, 5.41) is 9.40. The van der Waals surface area contributed by atoms with Gasteiger partial charge in [-0.1, -0.05) is 18.2 Å². The Labute approximate surface area is 190 Å². The van der Waals surface area contributed by atoms with Gasteiger partial charge in [-0.05, 0) is 55.3 Å². The molecule has 0 radical (unpaired) electrons. The molecule has 2 fully saturated rings. The highest BCUT2D eigenvalue weighted by atomic mass is 32.1. The Morgan fingerprint density at radius 3 is 2.87 bits per heavy atom. The number of guanidine groups is 1. The molecule has 6 nitrogen and oxygen atoms in total. The SMILES string of the molecule is CN=C(NCC1CCCN(Cc2cccs2)C1)NC1CCN(c2ccccc2OC)C1. The average Bonchev–Trinajstić information content (AvgIpc) is 3.49. The molecule has 4 rings (SSSR count). The van der Waals surface area contributed by atoms with E-state index in [-0.39, 0.29) is 0 Å². The largest absolute Gasteiger partial charge is 0.495 e. The second-order valence-electron chi connectivity index (χ2n) is 8.52. The Morgan fingerprint density at radius 2 is 2.06 bits per heavy atom. The number of nitrogens with zero attached hydrogens (tertiary/aromatic N) is 3. The average molecular weight is 442 g/mol. The maximum Gasteiger partial charge on any atom is 0.191 e. The molecule has 2 aliphatic heterocycles. The fourth-order valence-corrected chi connectivity index (χ4v) is 5.45. The van der Waals surface area contributed by atoms with Crippen molar-refractivity contribution in [1.29, 1.82) is 0 Å². The zero-order chi connectivity index (χ0) is 21.5. The van der Waals surface area contributed by atoms with Crippen LogP contribution in [0.3, 0.4) is 0 Å². The minimum absolute atomic E-state index is 0.387. The van der Waals surface area contributed by atoms with Crippen LogP contribution in [0, 0.1) is 5.92 Å². The van der Waals surface area contributed by atoms with Gasteiger partial charge in [-0.2, -0.15) is 0 Å². The summed E-state index contributed by atoms with van der Waals surface area (Å²) in [5.74, 6) is 2.53. The number of nitrogens with one attached hydrogen (secondary N) is 2. The number of aliphatic imine (C=N–C) groups is 1. The van der Waals surface area contributed by atoms with Crippen LogP contribution >= 0.6 is 11.3 Å². The van der Waals surface area contributed by atoms with Crippen molar-refractivity contribution in [3.8, 4) is 5.75 Å². The molecule has 1 aromatic carbocycles. The third-order valence-electron chi connectivity index (χ3n) is 6.30. The van der Waals surface area contributed by atoms with Gasteiger partial charge >= 0.3 is 0 Å². The number of para-hydroxylation sites is 2. The van der Waals surface area contributed by atoms with Gasteiger partial charge in [-0.25, -0.2) is 0 Å². The second-order valence-corrected chi connectivity index (χ2v) is 9.56. The lowest BCUT2D eigenvalue weighted by molar-refractivity contribution is 0.169. The lowest BCUT2D eigenvalue weighted by Crippen LogP contribution is -2.47. The predicted octanol–water partition coefficient (Wildman–Crippen LogP) is 3.41. The normalized spacial score (nSPS) is 22.5. The van der Waals surface area contributed by atoms with Gasteiger partial charge in [0.2, 0.25) is 0 Å². The van der Waals surface area contributed by atoms with Crippen LogP contribution in [0.1, 0.15) is 24.1 Å². The number of hydrogen-bond donors (Lipinski definition) is 2. The zero-order valence-electron chi connectivity index (χ0n) is 18.7. The molecule has 168 valence electrons.